The van der Waals surface area contributed by atoms with Crippen molar-refractivity contribution in [2.45, 2.75) is 32.0 Å². The summed E-state index contributed by atoms with van der Waals surface area (Å²) in [5.74, 6) is 1.83. The van der Waals surface area contributed by atoms with E-state index < -0.39 is 0 Å². The molecule has 1 aliphatic heterocycles. The molecule has 1 aromatic carbocycles. The minimum Gasteiger partial charge on any atom is -0.352 e. The van der Waals surface area contributed by atoms with Crippen LogP contribution in [0.15, 0.2) is 47.7 Å². The third-order valence-electron chi connectivity index (χ3n) is 4.95. The van der Waals surface area contributed by atoms with Gasteiger partial charge in [-0.25, -0.2) is 4.98 Å². The predicted octanol–water partition coefficient (Wildman–Crippen LogP) is 2.54. The second-order valence-corrected chi connectivity index (χ2v) is 6.59. The van der Waals surface area contributed by atoms with Gasteiger partial charge in [0.25, 0.3) is 0 Å². The van der Waals surface area contributed by atoms with E-state index in [0.717, 1.165) is 31.3 Å². The third-order valence-corrected chi connectivity index (χ3v) is 4.95. The Morgan fingerprint density at radius 2 is 2.12 bits per heavy atom. The van der Waals surface area contributed by atoms with Gasteiger partial charge in [0.1, 0.15) is 5.82 Å². The Bertz CT molecular complexity index is 699. The van der Waals surface area contributed by atoms with Gasteiger partial charge in [-0.3, -0.25) is 9.89 Å². The van der Waals surface area contributed by atoms with E-state index >= 15 is 0 Å². The molecule has 26 heavy (non-hydrogen) atoms. The largest absolute Gasteiger partial charge is 0.352 e. The summed E-state index contributed by atoms with van der Waals surface area (Å²) in [6.07, 6.45) is 4.89. The molecule has 3 rings (SSSR count). The number of aromatic nitrogens is 2. The maximum Gasteiger partial charge on any atom is 0.191 e. The second-order valence-electron chi connectivity index (χ2n) is 6.59. The maximum absolute atomic E-state index is 4.35. The predicted molar refractivity (Wildman–Crippen MR) is 117 cm³/mol. The van der Waals surface area contributed by atoms with E-state index in [9.17, 15) is 0 Å². The normalized spacial score (nSPS) is 19.0. The summed E-state index contributed by atoms with van der Waals surface area (Å²) in [7, 11) is 3.81. The molecule has 7 heteroatoms. The van der Waals surface area contributed by atoms with Crippen LogP contribution in [0.3, 0.4) is 0 Å². The van der Waals surface area contributed by atoms with Gasteiger partial charge in [-0.05, 0) is 18.9 Å². The topological polar surface area (TPSA) is 57.5 Å². The minimum absolute atomic E-state index is 0. The number of imidazole rings is 1. The van der Waals surface area contributed by atoms with Crippen LogP contribution < -0.4 is 10.6 Å². The van der Waals surface area contributed by atoms with Crippen molar-refractivity contribution in [1.29, 1.82) is 0 Å². The number of guanidine groups is 1. The molecule has 0 aliphatic carbocycles. The van der Waals surface area contributed by atoms with Crippen molar-refractivity contribution < 1.29 is 0 Å². The summed E-state index contributed by atoms with van der Waals surface area (Å²) in [5, 5.41) is 6.90. The number of benzene rings is 1. The number of halogens is 1. The van der Waals surface area contributed by atoms with Crippen molar-refractivity contribution in [3.63, 3.8) is 0 Å². The van der Waals surface area contributed by atoms with E-state index in [1.807, 2.05) is 31.1 Å². The fraction of sp³-hybridized carbons (Fsp3) is 0.474. The molecule has 0 radical (unpaired) electrons. The molecule has 0 saturated carbocycles. The Morgan fingerprint density at radius 1 is 1.35 bits per heavy atom. The number of rotatable bonds is 5. The number of hydrogen-bond donors (Lipinski definition) is 2. The lowest BCUT2D eigenvalue weighted by atomic mass is 10.1. The minimum atomic E-state index is 0. The lowest BCUT2D eigenvalue weighted by Crippen LogP contribution is -2.44. The van der Waals surface area contributed by atoms with Crippen LogP contribution in [-0.2, 0) is 13.6 Å². The molecule has 2 aromatic rings. The molecule has 0 amide bonds. The van der Waals surface area contributed by atoms with E-state index in [1.54, 1.807) is 0 Å². The molecule has 1 aliphatic rings. The Labute approximate surface area is 173 Å². The molecule has 0 spiro atoms. The van der Waals surface area contributed by atoms with Gasteiger partial charge in [-0.15, -0.1) is 24.0 Å². The summed E-state index contributed by atoms with van der Waals surface area (Å²) >= 11 is 0. The second kappa shape index (κ2) is 9.91. The first-order valence-corrected chi connectivity index (χ1v) is 8.89. The third kappa shape index (κ3) is 5.20. The fourth-order valence-electron chi connectivity index (χ4n) is 3.32. The van der Waals surface area contributed by atoms with Crippen LogP contribution in [0, 0.1) is 0 Å². The van der Waals surface area contributed by atoms with Crippen LogP contribution >= 0.6 is 24.0 Å². The highest BCUT2D eigenvalue weighted by molar-refractivity contribution is 14.0. The van der Waals surface area contributed by atoms with Crippen molar-refractivity contribution in [1.82, 2.24) is 25.1 Å². The van der Waals surface area contributed by atoms with Crippen molar-refractivity contribution in [2.75, 3.05) is 20.1 Å². The number of nitrogens with zero attached hydrogens (tertiary/aromatic N) is 4. The maximum atomic E-state index is 4.35. The van der Waals surface area contributed by atoms with Crippen LogP contribution in [0.1, 0.15) is 30.8 Å². The first-order chi connectivity index (χ1) is 12.2. The molecule has 2 heterocycles. The molecule has 1 aromatic heterocycles. The zero-order valence-electron chi connectivity index (χ0n) is 15.7. The van der Waals surface area contributed by atoms with Gasteiger partial charge in [-0.1, -0.05) is 30.3 Å². The lowest BCUT2D eigenvalue weighted by molar-refractivity contribution is 0.258. The highest BCUT2D eigenvalue weighted by atomic mass is 127. The summed E-state index contributed by atoms with van der Waals surface area (Å²) in [6, 6.07) is 11.6. The van der Waals surface area contributed by atoms with Crippen LogP contribution in [0.25, 0.3) is 0 Å². The van der Waals surface area contributed by atoms with E-state index in [-0.39, 0.29) is 24.0 Å². The zero-order valence-corrected chi connectivity index (χ0v) is 18.1. The van der Waals surface area contributed by atoms with Crippen LogP contribution in [-0.4, -0.2) is 46.6 Å². The van der Waals surface area contributed by atoms with E-state index in [4.69, 9.17) is 0 Å². The summed E-state index contributed by atoms with van der Waals surface area (Å²) in [4.78, 5) is 11.2. The van der Waals surface area contributed by atoms with E-state index in [1.165, 1.54) is 5.56 Å². The van der Waals surface area contributed by atoms with Crippen molar-refractivity contribution in [3.8, 4) is 0 Å². The molecular formula is C19H29IN6. The van der Waals surface area contributed by atoms with Crippen molar-refractivity contribution in [2.24, 2.45) is 12.0 Å². The summed E-state index contributed by atoms with van der Waals surface area (Å²) < 4.78 is 2.01. The molecule has 2 atom stereocenters. The molecule has 6 nitrogen and oxygen atoms in total. The monoisotopic (exact) mass is 468 g/mol. The SMILES string of the molecule is CN=C(NCc1nccn1C)NC1CCN(C(C)c2ccccc2)C1.I. The van der Waals surface area contributed by atoms with Crippen LogP contribution in [0.2, 0.25) is 0 Å². The molecule has 1 fully saturated rings. The zero-order chi connectivity index (χ0) is 17.6. The van der Waals surface area contributed by atoms with Crippen molar-refractivity contribution in [3.05, 3.63) is 54.1 Å². The van der Waals surface area contributed by atoms with Crippen molar-refractivity contribution >= 4 is 29.9 Å². The molecule has 1 saturated heterocycles. The Hall–Kier alpha value is -1.61. The number of nitrogens with one attached hydrogen (secondary N) is 2. The fourth-order valence-corrected chi connectivity index (χ4v) is 3.32. The lowest BCUT2D eigenvalue weighted by Gasteiger charge is -2.25. The van der Waals surface area contributed by atoms with Gasteiger partial charge < -0.3 is 15.2 Å². The Balaban J connectivity index is 0.00000243. The van der Waals surface area contributed by atoms with Gasteiger partial charge in [0.15, 0.2) is 5.96 Å². The highest BCUT2D eigenvalue weighted by Gasteiger charge is 2.27. The Morgan fingerprint density at radius 3 is 2.77 bits per heavy atom. The standard InChI is InChI=1S/C19H28N6.HI/c1-15(16-7-5-4-6-8-16)25-11-9-17(14-25)23-19(20-2)22-13-18-21-10-12-24(18)3;/h4-8,10,12,15,17H,9,11,13-14H2,1-3H3,(H2,20,22,23);1H. The van der Waals surface area contributed by atoms with E-state index in [2.05, 4.69) is 62.8 Å². The Kier molecular flexibility index (Phi) is 7.89. The molecule has 2 N–H and O–H groups in total. The van der Waals surface area contributed by atoms with Crippen LogP contribution in [0.5, 0.6) is 0 Å². The van der Waals surface area contributed by atoms with Gasteiger partial charge in [0.2, 0.25) is 0 Å². The number of likely N-dealkylation sites (tertiary alicyclic amines) is 1. The molecule has 2 unspecified atom stereocenters. The number of aliphatic imine (C=N–C) groups is 1. The average molecular weight is 468 g/mol. The van der Waals surface area contributed by atoms with Gasteiger partial charge >= 0.3 is 0 Å². The molecular weight excluding hydrogens is 439 g/mol. The quantitative estimate of drug-likeness (QED) is 0.403. The number of hydrogen-bond acceptors (Lipinski definition) is 3. The first kappa shape index (κ1) is 20.7. The van der Waals surface area contributed by atoms with Gasteiger partial charge in [-0.2, -0.15) is 0 Å². The van der Waals surface area contributed by atoms with Gasteiger partial charge in [0, 0.05) is 51.7 Å². The summed E-state index contributed by atoms with van der Waals surface area (Å²) in [6.45, 7) is 5.08. The highest BCUT2D eigenvalue weighted by Crippen LogP contribution is 2.24. The number of aryl methyl sites for hydroxylation is 1. The first-order valence-electron chi connectivity index (χ1n) is 8.89. The molecule has 0 bridgehead atoms. The van der Waals surface area contributed by atoms with Gasteiger partial charge in [0.05, 0.1) is 6.54 Å². The smallest absolute Gasteiger partial charge is 0.191 e. The summed E-state index contributed by atoms with van der Waals surface area (Å²) in [5.41, 5.74) is 1.38. The average Bonchev–Trinajstić information content (AvgIpc) is 3.27. The van der Waals surface area contributed by atoms with E-state index in [0.29, 0.717) is 18.6 Å². The molecule has 142 valence electrons. The van der Waals surface area contributed by atoms with Crippen LogP contribution in [0.4, 0.5) is 0 Å².